The number of piperazine rings is 1. The van der Waals surface area contributed by atoms with E-state index in [0.717, 1.165) is 0 Å². The molecule has 2 rings (SSSR count). The van der Waals surface area contributed by atoms with Gasteiger partial charge >= 0.3 is 0 Å². The summed E-state index contributed by atoms with van der Waals surface area (Å²) in [5.74, 6) is 2.58. The van der Waals surface area contributed by atoms with Gasteiger partial charge in [-0.25, -0.2) is 8.42 Å². The molecule has 0 unspecified atom stereocenters. The van der Waals surface area contributed by atoms with Gasteiger partial charge in [0.05, 0.1) is 11.4 Å². The van der Waals surface area contributed by atoms with Crippen molar-refractivity contribution in [2.75, 3.05) is 38.5 Å². The predicted octanol–water partition coefficient (Wildman–Crippen LogP) is 1.28. The zero-order chi connectivity index (χ0) is 15.6. The van der Waals surface area contributed by atoms with Gasteiger partial charge in [0.25, 0.3) is 0 Å². The summed E-state index contributed by atoms with van der Waals surface area (Å²) in [6.45, 7) is 4.45. The number of hydrogen-bond acceptors (Lipinski definition) is 4. The summed E-state index contributed by atoms with van der Waals surface area (Å²) in [7, 11) is -3.53. The number of benzene rings is 1. The molecule has 1 aliphatic heterocycles. The number of anilines is 1. The van der Waals surface area contributed by atoms with Crippen molar-refractivity contribution in [1.29, 1.82) is 0 Å². The highest BCUT2D eigenvalue weighted by Crippen LogP contribution is 2.29. The van der Waals surface area contributed by atoms with Crippen molar-refractivity contribution in [2.45, 2.75) is 11.8 Å². The van der Waals surface area contributed by atoms with Crippen molar-refractivity contribution in [2.24, 2.45) is 0 Å². The summed E-state index contributed by atoms with van der Waals surface area (Å²) in [6.07, 6.45) is 5.28. The van der Waals surface area contributed by atoms with Gasteiger partial charge in [0.1, 0.15) is 0 Å². The monoisotopic (exact) mass is 371 g/mol. The van der Waals surface area contributed by atoms with Crippen LogP contribution in [0.15, 0.2) is 21.5 Å². The first-order valence-electron chi connectivity index (χ1n) is 6.58. The Balaban J connectivity index is 2.26. The minimum absolute atomic E-state index is 0.264. The van der Waals surface area contributed by atoms with Crippen LogP contribution in [-0.2, 0) is 10.0 Å². The number of terminal acetylenes is 1. The van der Waals surface area contributed by atoms with E-state index in [4.69, 9.17) is 12.2 Å². The number of nitrogens with two attached hydrogens (primary N) is 1. The summed E-state index contributed by atoms with van der Waals surface area (Å²) < 4.78 is 27.7. The third kappa shape index (κ3) is 3.40. The lowest BCUT2D eigenvalue weighted by atomic mass is 10.2. The van der Waals surface area contributed by atoms with Gasteiger partial charge in [-0.05, 0) is 24.6 Å². The van der Waals surface area contributed by atoms with Gasteiger partial charge in [0.2, 0.25) is 10.0 Å². The first kappa shape index (κ1) is 16.3. The Hall–Kier alpha value is -1.07. The van der Waals surface area contributed by atoms with E-state index in [1.807, 2.05) is 0 Å². The second kappa shape index (κ2) is 6.36. The molecule has 21 heavy (non-hydrogen) atoms. The third-order valence-electron chi connectivity index (χ3n) is 3.63. The summed E-state index contributed by atoms with van der Waals surface area (Å²) in [5.41, 5.74) is 6.92. The van der Waals surface area contributed by atoms with E-state index in [-0.39, 0.29) is 4.90 Å². The second-order valence-electron chi connectivity index (χ2n) is 5.00. The number of halogens is 1. The molecule has 2 N–H and O–H groups in total. The molecule has 1 aromatic rings. The first-order valence-corrected chi connectivity index (χ1v) is 8.81. The molecule has 0 bridgehead atoms. The highest BCUT2D eigenvalue weighted by atomic mass is 79.9. The molecule has 1 saturated heterocycles. The quantitative estimate of drug-likeness (QED) is 0.641. The zero-order valence-electron chi connectivity index (χ0n) is 11.8. The fraction of sp³-hybridized carbons (Fsp3) is 0.429. The van der Waals surface area contributed by atoms with Crippen molar-refractivity contribution < 1.29 is 8.42 Å². The molecular formula is C14H18BrN3O2S. The maximum absolute atomic E-state index is 12.8. The van der Waals surface area contributed by atoms with Crippen LogP contribution in [0.5, 0.6) is 0 Å². The van der Waals surface area contributed by atoms with Gasteiger partial charge in [0.15, 0.2) is 0 Å². The summed E-state index contributed by atoms with van der Waals surface area (Å²) in [4.78, 5) is 2.33. The van der Waals surface area contributed by atoms with Crippen LogP contribution in [0, 0.1) is 19.3 Å². The lowest BCUT2D eigenvalue weighted by Crippen LogP contribution is -2.48. The van der Waals surface area contributed by atoms with E-state index < -0.39 is 10.0 Å². The van der Waals surface area contributed by atoms with Crippen molar-refractivity contribution in [3.05, 3.63) is 22.2 Å². The minimum Gasteiger partial charge on any atom is -0.398 e. The van der Waals surface area contributed by atoms with Gasteiger partial charge in [-0.1, -0.05) is 21.9 Å². The maximum Gasteiger partial charge on any atom is 0.243 e. The Bertz CT molecular complexity index is 674. The molecule has 7 heteroatoms. The Morgan fingerprint density at radius 3 is 2.52 bits per heavy atom. The lowest BCUT2D eigenvalue weighted by molar-refractivity contribution is 0.207. The van der Waals surface area contributed by atoms with Gasteiger partial charge in [-0.15, -0.1) is 6.42 Å². The largest absolute Gasteiger partial charge is 0.398 e. The standard InChI is InChI=1S/C14H18BrN3O2S/c1-3-4-17-5-7-18(8-6-17)21(19,20)14-10-12(15)9-13(16)11(14)2/h1,9-10H,4-8,16H2,2H3. The highest BCUT2D eigenvalue weighted by Gasteiger charge is 2.30. The van der Waals surface area contributed by atoms with E-state index in [2.05, 4.69) is 26.8 Å². The molecule has 1 aromatic carbocycles. The van der Waals surface area contributed by atoms with Gasteiger partial charge in [0, 0.05) is 36.3 Å². The molecule has 1 fully saturated rings. The van der Waals surface area contributed by atoms with E-state index in [0.29, 0.717) is 48.4 Å². The molecule has 0 saturated carbocycles. The molecule has 0 amide bonds. The van der Waals surface area contributed by atoms with Crippen LogP contribution in [0.25, 0.3) is 0 Å². The fourth-order valence-electron chi connectivity index (χ4n) is 2.34. The number of nitrogens with zero attached hydrogens (tertiary/aromatic N) is 2. The minimum atomic E-state index is -3.53. The van der Waals surface area contributed by atoms with Crippen molar-refractivity contribution in [3.8, 4) is 12.3 Å². The molecule has 1 aliphatic rings. The normalized spacial score (nSPS) is 17.6. The summed E-state index contributed by atoms with van der Waals surface area (Å²) >= 11 is 3.30. The van der Waals surface area contributed by atoms with Crippen LogP contribution in [0.1, 0.15) is 5.56 Å². The zero-order valence-corrected chi connectivity index (χ0v) is 14.2. The first-order chi connectivity index (χ1) is 9.86. The second-order valence-corrected chi connectivity index (χ2v) is 7.82. The number of nitrogen functional groups attached to an aromatic ring is 1. The Kier molecular flexibility index (Phi) is 4.94. The lowest BCUT2D eigenvalue weighted by Gasteiger charge is -2.33. The molecule has 0 aromatic heterocycles. The highest BCUT2D eigenvalue weighted by molar-refractivity contribution is 9.10. The molecule has 0 aliphatic carbocycles. The molecule has 5 nitrogen and oxygen atoms in total. The topological polar surface area (TPSA) is 66.6 Å². The Labute approximate surface area is 134 Å². The van der Waals surface area contributed by atoms with Crippen LogP contribution < -0.4 is 5.73 Å². The average molecular weight is 372 g/mol. The Morgan fingerprint density at radius 2 is 1.95 bits per heavy atom. The van der Waals surface area contributed by atoms with E-state index in [9.17, 15) is 8.42 Å². The maximum atomic E-state index is 12.8. The molecule has 0 radical (unpaired) electrons. The van der Waals surface area contributed by atoms with Gasteiger partial charge < -0.3 is 5.73 Å². The third-order valence-corrected chi connectivity index (χ3v) is 6.11. The van der Waals surface area contributed by atoms with E-state index in [1.165, 1.54) is 4.31 Å². The Morgan fingerprint density at radius 1 is 1.33 bits per heavy atom. The summed E-state index contributed by atoms with van der Waals surface area (Å²) in [5, 5.41) is 0. The number of rotatable bonds is 3. The molecule has 114 valence electrons. The smallest absolute Gasteiger partial charge is 0.243 e. The predicted molar refractivity (Wildman–Crippen MR) is 87.3 cm³/mol. The summed E-state index contributed by atoms with van der Waals surface area (Å²) in [6, 6.07) is 3.31. The van der Waals surface area contributed by atoms with Crippen LogP contribution in [-0.4, -0.2) is 50.3 Å². The van der Waals surface area contributed by atoms with Crippen LogP contribution in [0.4, 0.5) is 5.69 Å². The molecule has 0 spiro atoms. The molecule has 1 heterocycles. The van der Waals surface area contributed by atoms with E-state index in [1.54, 1.807) is 19.1 Å². The van der Waals surface area contributed by atoms with Crippen LogP contribution in [0.2, 0.25) is 0 Å². The molecule has 0 atom stereocenters. The van der Waals surface area contributed by atoms with Crippen molar-refractivity contribution in [3.63, 3.8) is 0 Å². The fourth-order valence-corrected chi connectivity index (χ4v) is 4.67. The number of sulfonamides is 1. The SMILES string of the molecule is C#CCN1CCN(S(=O)(=O)c2cc(Br)cc(N)c2C)CC1. The molecular weight excluding hydrogens is 354 g/mol. The van der Waals surface area contributed by atoms with Crippen molar-refractivity contribution >= 4 is 31.6 Å². The van der Waals surface area contributed by atoms with Gasteiger partial charge in [-0.3, -0.25) is 4.90 Å². The van der Waals surface area contributed by atoms with E-state index >= 15 is 0 Å². The van der Waals surface area contributed by atoms with Crippen LogP contribution in [0.3, 0.4) is 0 Å². The average Bonchev–Trinajstić information content (AvgIpc) is 2.43. The van der Waals surface area contributed by atoms with Crippen molar-refractivity contribution in [1.82, 2.24) is 9.21 Å². The van der Waals surface area contributed by atoms with Crippen LogP contribution >= 0.6 is 15.9 Å². The van der Waals surface area contributed by atoms with Gasteiger partial charge in [-0.2, -0.15) is 4.31 Å². The number of hydrogen-bond donors (Lipinski definition) is 1.